The van der Waals surface area contributed by atoms with E-state index in [4.69, 9.17) is 10.5 Å². The Hall–Kier alpha value is -0.920. The zero-order valence-corrected chi connectivity index (χ0v) is 12.7. The van der Waals surface area contributed by atoms with Gasteiger partial charge in [-0.05, 0) is 18.2 Å². The second kappa shape index (κ2) is 6.49. The summed E-state index contributed by atoms with van der Waals surface area (Å²) >= 11 is 3.29. The Labute approximate surface area is 122 Å². The zero-order chi connectivity index (χ0) is 13.8. The minimum atomic E-state index is -1.41. The van der Waals surface area contributed by atoms with Crippen LogP contribution in [-0.4, -0.2) is 47.1 Å². The Kier molecular flexibility index (Phi) is 4.95. The quantitative estimate of drug-likeness (QED) is 0.828. The maximum Gasteiger partial charge on any atom is 0.235 e. The topological polar surface area (TPSA) is 72.6 Å². The number of nitrogens with zero attached hydrogens (tertiary/aromatic N) is 1. The van der Waals surface area contributed by atoms with Gasteiger partial charge in [0.15, 0.2) is 0 Å². The van der Waals surface area contributed by atoms with E-state index in [-0.39, 0.29) is 11.7 Å². The third-order valence-electron chi connectivity index (χ3n) is 2.84. The van der Waals surface area contributed by atoms with Gasteiger partial charge < -0.3 is 15.4 Å². The lowest BCUT2D eigenvalue weighted by atomic mass is 10.3. The third-order valence-corrected chi connectivity index (χ3v) is 4.70. The van der Waals surface area contributed by atoms with Crippen LogP contribution in [-0.2, 0) is 20.3 Å². The lowest BCUT2D eigenvalue weighted by Gasteiger charge is -2.26. The number of amides is 1. The number of nitrogens with two attached hydrogens (primary N) is 1. The molecule has 1 atom stereocenters. The van der Waals surface area contributed by atoms with E-state index in [2.05, 4.69) is 15.9 Å². The summed E-state index contributed by atoms with van der Waals surface area (Å²) < 4.78 is 18.2. The summed E-state index contributed by atoms with van der Waals surface area (Å²) in [5.74, 6) is -0.157. The van der Waals surface area contributed by atoms with Gasteiger partial charge in [-0.2, -0.15) is 0 Å². The van der Waals surface area contributed by atoms with Crippen molar-refractivity contribution < 1.29 is 13.7 Å². The molecule has 1 aliphatic heterocycles. The Balaban J connectivity index is 2.02. The van der Waals surface area contributed by atoms with Crippen molar-refractivity contribution in [3.8, 4) is 0 Å². The molecule has 2 rings (SSSR count). The van der Waals surface area contributed by atoms with Crippen LogP contribution in [0.25, 0.3) is 0 Å². The van der Waals surface area contributed by atoms with Gasteiger partial charge in [0.1, 0.15) is 5.75 Å². The van der Waals surface area contributed by atoms with Gasteiger partial charge in [0.2, 0.25) is 5.91 Å². The van der Waals surface area contributed by atoms with E-state index in [0.29, 0.717) is 36.9 Å². The van der Waals surface area contributed by atoms with Crippen molar-refractivity contribution in [2.24, 2.45) is 0 Å². The molecule has 0 bridgehead atoms. The number of hydrogen-bond acceptors (Lipinski definition) is 4. The van der Waals surface area contributed by atoms with Gasteiger partial charge in [0, 0.05) is 23.2 Å². The fourth-order valence-corrected chi connectivity index (χ4v) is 3.30. The van der Waals surface area contributed by atoms with Crippen LogP contribution in [0.3, 0.4) is 0 Å². The number of carbonyl (C=O) groups excluding carboxylic acids is 1. The van der Waals surface area contributed by atoms with Gasteiger partial charge in [0.05, 0.1) is 28.9 Å². The summed E-state index contributed by atoms with van der Waals surface area (Å²) in [6, 6.07) is 5.14. The van der Waals surface area contributed by atoms with Crippen molar-refractivity contribution >= 4 is 38.3 Å². The fourth-order valence-electron chi connectivity index (χ4n) is 1.82. The monoisotopic (exact) mass is 346 g/mol. The highest BCUT2D eigenvalue weighted by Crippen LogP contribution is 2.21. The highest BCUT2D eigenvalue weighted by atomic mass is 79.9. The van der Waals surface area contributed by atoms with Gasteiger partial charge in [0.25, 0.3) is 0 Å². The molecule has 1 heterocycles. The molecule has 1 aromatic carbocycles. The molecule has 7 heteroatoms. The highest BCUT2D eigenvalue weighted by Gasteiger charge is 2.20. The first-order valence-corrected chi connectivity index (χ1v) is 7.98. The van der Waals surface area contributed by atoms with E-state index in [1.165, 1.54) is 0 Å². The molecule has 1 amide bonds. The summed E-state index contributed by atoms with van der Waals surface area (Å²) in [7, 11) is -1.41. The maximum absolute atomic E-state index is 12.2. The maximum atomic E-state index is 12.2. The van der Waals surface area contributed by atoms with Gasteiger partial charge in [-0.25, -0.2) is 0 Å². The molecule has 5 nitrogen and oxygen atoms in total. The summed E-state index contributed by atoms with van der Waals surface area (Å²) in [5.41, 5.74) is 6.24. The molecule has 0 aliphatic carbocycles. The summed E-state index contributed by atoms with van der Waals surface area (Å²) in [4.78, 5) is 14.2. The molecule has 0 saturated carbocycles. The Morgan fingerprint density at radius 3 is 2.74 bits per heavy atom. The van der Waals surface area contributed by atoms with Crippen molar-refractivity contribution in [2.45, 2.75) is 4.90 Å². The van der Waals surface area contributed by atoms with E-state index in [0.717, 1.165) is 4.47 Å². The average molecular weight is 347 g/mol. The minimum absolute atomic E-state index is 0.0359. The number of rotatable bonds is 3. The molecule has 1 aliphatic rings. The number of benzene rings is 1. The normalized spacial score (nSPS) is 17.2. The SMILES string of the molecule is Nc1cc(Br)ccc1S(=O)CC(=O)N1CCOCC1. The lowest BCUT2D eigenvalue weighted by Crippen LogP contribution is -2.42. The number of hydrogen-bond donors (Lipinski definition) is 1. The molecule has 1 fully saturated rings. The lowest BCUT2D eigenvalue weighted by molar-refractivity contribution is -0.132. The molecule has 19 heavy (non-hydrogen) atoms. The predicted octanol–water partition coefficient (Wildman–Crippen LogP) is 0.998. The van der Waals surface area contributed by atoms with Gasteiger partial charge >= 0.3 is 0 Å². The van der Waals surface area contributed by atoms with Crippen molar-refractivity contribution in [1.29, 1.82) is 0 Å². The van der Waals surface area contributed by atoms with Crippen LogP contribution in [0.5, 0.6) is 0 Å². The Bertz CT molecular complexity index is 504. The number of ether oxygens (including phenoxy) is 1. The molecule has 0 spiro atoms. The fraction of sp³-hybridized carbons (Fsp3) is 0.417. The molecular weight excluding hydrogens is 332 g/mol. The summed E-state index contributed by atoms with van der Waals surface area (Å²) in [5, 5.41) is 0. The van der Waals surface area contributed by atoms with Crippen LogP contribution in [0.1, 0.15) is 0 Å². The molecule has 1 saturated heterocycles. The average Bonchev–Trinajstić information content (AvgIpc) is 2.39. The predicted molar refractivity (Wildman–Crippen MR) is 77.2 cm³/mol. The molecule has 2 N–H and O–H groups in total. The van der Waals surface area contributed by atoms with Crippen LogP contribution < -0.4 is 5.73 Å². The largest absolute Gasteiger partial charge is 0.398 e. The van der Waals surface area contributed by atoms with E-state index >= 15 is 0 Å². The molecule has 1 unspecified atom stereocenters. The Morgan fingerprint density at radius 2 is 2.11 bits per heavy atom. The number of morpholine rings is 1. The second-order valence-electron chi connectivity index (χ2n) is 4.17. The molecule has 104 valence electrons. The number of nitrogen functional groups attached to an aromatic ring is 1. The molecular formula is C12H15BrN2O3S. The number of carbonyl (C=O) groups is 1. The van der Waals surface area contributed by atoms with E-state index in [1.807, 2.05) is 0 Å². The van der Waals surface area contributed by atoms with Crippen LogP contribution in [0.15, 0.2) is 27.6 Å². The number of anilines is 1. The van der Waals surface area contributed by atoms with Crippen LogP contribution in [0.2, 0.25) is 0 Å². The van der Waals surface area contributed by atoms with Crippen molar-refractivity contribution in [1.82, 2.24) is 4.90 Å². The molecule has 0 aromatic heterocycles. The van der Waals surface area contributed by atoms with Crippen molar-refractivity contribution in [3.63, 3.8) is 0 Å². The van der Waals surface area contributed by atoms with Crippen LogP contribution >= 0.6 is 15.9 Å². The van der Waals surface area contributed by atoms with Crippen molar-refractivity contribution in [2.75, 3.05) is 37.8 Å². The smallest absolute Gasteiger partial charge is 0.235 e. The zero-order valence-electron chi connectivity index (χ0n) is 10.3. The second-order valence-corrected chi connectivity index (χ2v) is 6.50. The number of halogens is 1. The van der Waals surface area contributed by atoms with Crippen LogP contribution in [0, 0.1) is 0 Å². The minimum Gasteiger partial charge on any atom is -0.398 e. The summed E-state index contributed by atoms with van der Waals surface area (Å²) in [6.07, 6.45) is 0. The third kappa shape index (κ3) is 3.77. The van der Waals surface area contributed by atoms with E-state index in [1.54, 1.807) is 23.1 Å². The first-order valence-electron chi connectivity index (χ1n) is 5.87. The molecule has 1 aromatic rings. The van der Waals surface area contributed by atoms with Gasteiger partial charge in [-0.15, -0.1) is 0 Å². The Morgan fingerprint density at radius 1 is 1.42 bits per heavy atom. The van der Waals surface area contributed by atoms with E-state index < -0.39 is 10.8 Å². The molecule has 0 radical (unpaired) electrons. The van der Waals surface area contributed by atoms with Gasteiger partial charge in [-0.3, -0.25) is 9.00 Å². The van der Waals surface area contributed by atoms with E-state index in [9.17, 15) is 9.00 Å². The van der Waals surface area contributed by atoms with Gasteiger partial charge in [-0.1, -0.05) is 15.9 Å². The highest BCUT2D eigenvalue weighted by molar-refractivity contribution is 9.10. The summed E-state index contributed by atoms with van der Waals surface area (Å²) in [6.45, 7) is 2.20. The van der Waals surface area contributed by atoms with Crippen molar-refractivity contribution in [3.05, 3.63) is 22.7 Å². The standard InChI is InChI=1S/C12H15BrN2O3S/c13-9-1-2-11(10(14)7-9)19(17)8-12(16)15-3-5-18-6-4-15/h1-2,7H,3-6,8,14H2. The first kappa shape index (κ1) is 14.5. The first-order chi connectivity index (χ1) is 9.08. The van der Waals surface area contributed by atoms with Crippen LogP contribution in [0.4, 0.5) is 5.69 Å².